The van der Waals surface area contributed by atoms with Crippen molar-refractivity contribution in [1.82, 2.24) is 4.90 Å². The maximum atomic E-state index is 14.0. The van der Waals surface area contributed by atoms with E-state index in [4.69, 9.17) is 14.6 Å². The Morgan fingerprint density at radius 2 is 1.86 bits per heavy atom. The average Bonchev–Trinajstić information content (AvgIpc) is 2.90. The lowest BCUT2D eigenvalue weighted by Gasteiger charge is -2.19. The van der Waals surface area contributed by atoms with E-state index in [-0.39, 0.29) is 30.0 Å². The Morgan fingerprint density at radius 1 is 1.27 bits per heavy atom. The van der Waals surface area contributed by atoms with Gasteiger partial charge in [-0.25, -0.2) is 13.6 Å². The lowest BCUT2D eigenvalue weighted by Crippen LogP contribution is -2.39. The van der Waals surface area contributed by atoms with Gasteiger partial charge in [-0.15, -0.1) is 0 Å². The number of methoxy groups -OCH3 is 2. The third kappa shape index (κ3) is 2.68. The molecule has 1 amide bonds. The number of nitrogens with zero attached hydrogens (tertiary/aromatic N) is 1. The molecule has 0 bridgehead atoms. The van der Waals surface area contributed by atoms with Gasteiger partial charge in [0, 0.05) is 19.0 Å². The smallest absolute Gasteiger partial charge is 0.343 e. The Labute approximate surface area is 125 Å². The fourth-order valence-corrected chi connectivity index (χ4v) is 2.31. The van der Waals surface area contributed by atoms with Crippen LogP contribution in [-0.2, 0) is 4.79 Å². The van der Waals surface area contributed by atoms with Crippen LogP contribution in [-0.4, -0.2) is 54.9 Å². The van der Waals surface area contributed by atoms with E-state index in [0.29, 0.717) is 0 Å². The molecule has 1 N–H and O–H groups in total. The van der Waals surface area contributed by atoms with Gasteiger partial charge in [0.15, 0.2) is 11.5 Å². The number of benzene rings is 1. The lowest BCUT2D eigenvalue weighted by molar-refractivity contribution is -0.149. The molecular weight excluding hydrogens is 300 g/mol. The number of likely N-dealkylation sites (tertiary alicyclic amines) is 1. The molecule has 0 saturated carbocycles. The van der Waals surface area contributed by atoms with Crippen LogP contribution in [0.3, 0.4) is 0 Å². The third-order valence-electron chi connectivity index (χ3n) is 3.59. The number of carbonyl (C=O) groups is 2. The molecule has 1 aromatic carbocycles. The van der Waals surface area contributed by atoms with E-state index in [0.717, 1.165) is 17.0 Å². The SMILES string of the molecule is COc1cc(F)c(C(=O)N2CCC(F)(C(=O)O)C2)cc1OC. The van der Waals surface area contributed by atoms with Crippen molar-refractivity contribution >= 4 is 11.9 Å². The highest BCUT2D eigenvalue weighted by atomic mass is 19.1. The van der Waals surface area contributed by atoms with Crippen molar-refractivity contribution in [2.24, 2.45) is 0 Å². The second-order valence-corrected chi connectivity index (χ2v) is 4.93. The van der Waals surface area contributed by atoms with Gasteiger partial charge in [0.25, 0.3) is 5.91 Å². The van der Waals surface area contributed by atoms with E-state index in [1.54, 1.807) is 0 Å². The molecule has 1 aliphatic rings. The summed E-state index contributed by atoms with van der Waals surface area (Å²) in [4.78, 5) is 24.1. The zero-order valence-corrected chi connectivity index (χ0v) is 12.1. The van der Waals surface area contributed by atoms with Gasteiger partial charge in [-0.1, -0.05) is 0 Å². The van der Waals surface area contributed by atoms with Crippen LogP contribution >= 0.6 is 0 Å². The van der Waals surface area contributed by atoms with Crippen LogP contribution in [0.1, 0.15) is 16.8 Å². The van der Waals surface area contributed by atoms with Gasteiger partial charge in [-0.2, -0.15) is 0 Å². The number of alkyl halides is 1. The summed E-state index contributed by atoms with van der Waals surface area (Å²) >= 11 is 0. The van der Waals surface area contributed by atoms with Crippen LogP contribution in [0.5, 0.6) is 11.5 Å². The van der Waals surface area contributed by atoms with Crippen molar-refractivity contribution in [3.05, 3.63) is 23.5 Å². The van der Waals surface area contributed by atoms with Crippen LogP contribution in [0.25, 0.3) is 0 Å². The van der Waals surface area contributed by atoms with Crippen molar-refractivity contribution in [1.29, 1.82) is 0 Å². The maximum Gasteiger partial charge on any atom is 0.343 e. The molecule has 0 aromatic heterocycles. The molecule has 22 heavy (non-hydrogen) atoms. The number of halogens is 2. The Bertz CT molecular complexity index is 621. The van der Waals surface area contributed by atoms with E-state index in [9.17, 15) is 18.4 Å². The molecular formula is C14H15F2NO5. The lowest BCUT2D eigenvalue weighted by atomic mass is 10.1. The minimum Gasteiger partial charge on any atom is -0.493 e. The largest absolute Gasteiger partial charge is 0.493 e. The van der Waals surface area contributed by atoms with Crippen molar-refractivity contribution in [3.8, 4) is 11.5 Å². The molecule has 2 rings (SSSR count). The first-order valence-electron chi connectivity index (χ1n) is 6.45. The molecule has 1 aromatic rings. The first-order chi connectivity index (χ1) is 10.3. The Morgan fingerprint density at radius 3 is 2.36 bits per heavy atom. The van der Waals surface area contributed by atoms with Gasteiger partial charge in [0.05, 0.1) is 26.3 Å². The second-order valence-electron chi connectivity index (χ2n) is 4.93. The summed E-state index contributed by atoms with van der Waals surface area (Å²) in [5.41, 5.74) is -2.82. The summed E-state index contributed by atoms with van der Waals surface area (Å²) in [7, 11) is 2.65. The fraction of sp³-hybridized carbons (Fsp3) is 0.429. The Hall–Kier alpha value is -2.38. The normalized spacial score (nSPS) is 20.8. The van der Waals surface area contributed by atoms with Crippen molar-refractivity contribution in [3.63, 3.8) is 0 Å². The molecule has 6 nitrogen and oxygen atoms in total. The Kier molecular flexibility index (Phi) is 4.20. The molecule has 0 radical (unpaired) electrons. The molecule has 120 valence electrons. The monoisotopic (exact) mass is 315 g/mol. The van der Waals surface area contributed by atoms with E-state index in [2.05, 4.69) is 0 Å². The first kappa shape index (κ1) is 16.0. The topological polar surface area (TPSA) is 76.1 Å². The number of hydrogen-bond donors (Lipinski definition) is 1. The minimum absolute atomic E-state index is 0.102. The van der Waals surface area contributed by atoms with Crippen LogP contribution in [0, 0.1) is 5.82 Å². The highest BCUT2D eigenvalue weighted by Gasteiger charge is 2.47. The van der Waals surface area contributed by atoms with Crippen LogP contribution in [0.4, 0.5) is 8.78 Å². The average molecular weight is 315 g/mol. The number of carboxylic acids is 1. The molecule has 8 heteroatoms. The first-order valence-corrected chi connectivity index (χ1v) is 6.45. The zero-order chi connectivity index (χ0) is 16.5. The van der Waals surface area contributed by atoms with Gasteiger partial charge >= 0.3 is 5.97 Å². The molecule has 1 heterocycles. The number of hydrogen-bond acceptors (Lipinski definition) is 4. The quantitative estimate of drug-likeness (QED) is 0.911. The summed E-state index contributed by atoms with van der Waals surface area (Å²) in [6, 6.07) is 2.14. The number of ether oxygens (including phenoxy) is 2. The predicted octanol–water partition coefficient (Wildman–Crippen LogP) is 1.48. The van der Waals surface area contributed by atoms with Gasteiger partial charge in [0.1, 0.15) is 5.82 Å². The molecule has 0 spiro atoms. The molecule has 0 aliphatic carbocycles. The van der Waals surface area contributed by atoms with Crippen LogP contribution in [0.15, 0.2) is 12.1 Å². The van der Waals surface area contributed by atoms with Gasteiger partial charge in [-0.3, -0.25) is 4.79 Å². The number of rotatable bonds is 4. The molecule has 1 saturated heterocycles. The summed E-state index contributed by atoms with van der Waals surface area (Å²) < 4.78 is 37.9. The molecule has 1 unspecified atom stereocenters. The second kappa shape index (κ2) is 5.78. The van der Waals surface area contributed by atoms with Crippen LogP contribution in [0.2, 0.25) is 0 Å². The summed E-state index contributed by atoms with van der Waals surface area (Å²) in [5, 5.41) is 8.82. The number of amides is 1. The van der Waals surface area contributed by atoms with Gasteiger partial charge in [-0.05, 0) is 6.07 Å². The van der Waals surface area contributed by atoms with E-state index in [1.165, 1.54) is 14.2 Å². The fourth-order valence-electron chi connectivity index (χ4n) is 2.31. The van der Waals surface area contributed by atoms with Gasteiger partial charge < -0.3 is 19.5 Å². The van der Waals surface area contributed by atoms with Gasteiger partial charge in [0.2, 0.25) is 5.67 Å². The number of carboxylic acid groups (broad SMARTS) is 1. The number of carbonyl (C=O) groups excluding carboxylic acids is 1. The Balaban J connectivity index is 2.29. The number of aliphatic carboxylic acids is 1. The summed E-state index contributed by atoms with van der Waals surface area (Å²) in [6.07, 6.45) is -0.330. The van der Waals surface area contributed by atoms with Crippen molar-refractivity contribution in [2.45, 2.75) is 12.1 Å². The van der Waals surface area contributed by atoms with E-state index >= 15 is 0 Å². The van der Waals surface area contributed by atoms with Crippen LogP contribution < -0.4 is 9.47 Å². The standard InChI is InChI=1S/C14H15F2NO5/c1-21-10-5-8(9(15)6-11(10)22-2)12(18)17-4-3-14(16,7-17)13(19)20/h5-6H,3-4,7H2,1-2H3,(H,19,20). The van der Waals surface area contributed by atoms with E-state index in [1.807, 2.05) is 0 Å². The third-order valence-corrected chi connectivity index (χ3v) is 3.59. The minimum atomic E-state index is -2.50. The molecule has 1 fully saturated rings. The predicted molar refractivity (Wildman–Crippen MR) is 71.5 cm³/mol. The highest BCUT2D eigenvalue weighted by molar-refractivity contribution is 5.96. The van der Waals surface area contributed by atoms with Crippen molar-refractivity contribution in [2.75, 3.05) is 27.3 Å². The van der Waals surface area contributed by atoms with Crippen molar-refractivity contribution < 1.29 is 33.0 Å². The summed E-state index contributed by atoms with van der Waals surface area (Å²) in [6.45, 7) is -0.718. The molecule has 1 aliphatic heterocycles. The highest BCUT2D eigenvalue weighted by Crippen LogP contribution is 2.32. The maximum absolute atomic E-state index is 14.0. The summed E-state index contributed by atoms with van der Waals surface area (Å²) in [5.74, 6) is -3.01. The van der Waals surface area contributed by atoms with E-state index < -0.39 is 29.9 Å². The molecule has 1 atom stereocenters. The zero-order valence-electron chi connectivity index (χ0n) is 12.1.